The second-order valence-electron chi connectivity index (χ2n) is 3.55. The zero-order valence-corrected chi connectivity index (χ0v) is 8.85. The van der Waals surface area contributed by atoms with Crippen LogP contribution in [0, 0.1) is 24.0 Å². The Morgan fingerprint density at radius 3 is 2.62 bits per heavy atom. The second kappa shape index (κ2) is 3.94. The molecule has 0 saturated heterocycles. The van der Waals surface area contributed by atoms with Gasteiger partial charge in [-0.1, -0.05) is 31.0 Å². The molecule has 0 unspecified atom stereocenters. The fourth-order valence-corrected chi connectivity index (χ4v) is 1.91. The van der Waals surface area contributed by atoms with E-state index in [2.05, 4.69) is 5.92 Å². The molecule has 0 aliphatic heterocycles. The summed E-state index contributed by atoms with van der Waals surface area (Å²) in [7, 11) is 0. The van der Waals surface area contributed by atoms with E-state index in [1.165, 1.54) is 0 Å². The summed E-state index contributed by atoms with van der Waals surface area (Å²) in [5.74, 6) is 1.06. The molecule has 0 spiro atoms. The molecule has 0 N–H and O–H groups in total. The third-order valence-corrected chi connectivity index (χ3v) is 2.68. The van der Waals surface area contributed by atoms with Gasteiger partial charge in [0.25, 0.3) is 0 Å². The van der Waals surface area contributed by atoms with Crippen molar-refractivity contribution >= 4 is 10.8 Å². The zero-order valence-electron chi connectivity index (χ0n) is 8.85. The van der Waals surface area contributed by atoms with Crippen molar-refractivity contribution in [3.05, 3.63) is 47.0 Å². The standard InChI is InChI=1S/C14H10F2/c1-3-9-6-5-7-11-13(16)8-12(15)10(4-2)14(9)11/h2,5-8H,3H2,1H3. The monoisotopic (exact) mass is 216 g/mol. The molecule has 2 aromatic carbocycles. The van der Waals surface area contributed by atoms with Crippen molar-refractivity contribution in [2.24, 2.45) is 0 Å². The fourth-order valence-electron chi connectivity index (χ4n) is 1.91. The van der Waals surface area contributed by atoms with Crippen molar-refractivity contribution in [3.63, 3.8) is 0 Å². The van der Waals surface area contributed by atoms with Gasteiger partial charge >= 0.3 is 0 Å². The maximum Gasteiger partial charge on any atom is 0.142 e. The van der Waals surface area contributed by atoms with Crippen LogP contribution in [-0.4, -0.2) is 0 Å². The quantitative estimate of drug-likeness (QED) is 0.638. The van der Waals surface area contributed by atoms with Gasteiger partial charge in [0.15, 0.2) is 0 Å². The Balaban J connectivity index is 3.02. The molecule has 2 aromatic rings. The van der Waals surface area contributed by atoms with Crippen molar-refractivity contribution in [3.8, 4) is 12.3 Å². The molecule has 0 saturated carbocycles. The van der Waals surface area contributed by atoms with Gasteiger partial charge < -0.3 is 0 Å². The van der Waals surface area contributed by atoms with Gasteiger partial charge in [0, 0.05) is 16.8 Å². The molecule has 0 radical (unpaired) electrons. The SMILES string of the molecule is C#Cc1c(F)cc(F)c2cccc(CC)c12. The molecule has 0 bridgehead atoms. The van der Waals surface area contributed by atoms with Gasteiger partial charge in [0.05, 0.1) is 5.56 Å². The van der Waals surface area contributed by atoms with E-state index in [1.807, 2.05) is 13.0 Å². The molecule has 2 heteroatoms. The maximum atomic E-state index is 13.6. The Labute approximate surface area is 92.9 Å². The Bertz CT molecular complexity index is 592. The Morgan fingerprint density at radius 1 is 1.25 bits per heavy atom. The highest BCUT2D eigenvalue weighted by molar-refractivity contribution is 5.91. The van der Waals surface area contributed by atoms with Crippen molar-refractivity contribution < 1.29 is 8.78 Å². The van der Waals surface area contributed by atoms with Crippen LogP contribution in [0.2, 0.25) is 0 Å². The summed E-state index contributed by atoms with van der Waals surface area (Å²) >= 11 is 0. The number of hydrogen-bond donors (Lipinski definition) is 0. The highest BCUT2D eigenvalue weighted by Gasteiger charge is 2.12. The first-order valence-electron chi connectivity index (χ1n) is 5.05. The minimum Gasteiger partial charge on any atom is -0.206 e. The molecule has 0 amide bonds. The van der Waals surface area contributed by atoms with E-state index in [1.54, 1.807) is 12.1 Å². The van der Waals surface area contributed by atoms with Crippen LogP contribution in [0.4, 0.5) is 8.78 Å². The number of aryl methyl sites for hydroxylation is 1. The van der Waals surface area contributed by atoms with Gasteiger partial charge in [-0.25, -0.2) is 8.78 Å². The van der Waals surface area contributed by atoms with Crippen molar-refractivity contribution in [1.82, 2.24) is 0 Å². The van der Waals surface area contributed by atoms with Crippen molar-refractivity contribution in [1.29, 1.82) is 0 Å². The lowest BCUT2D eigenvalue weighted by atomic mass is 9.97. The normalized spacial score (nSPS) is 10.4. The molecular formula is C14H10F2. The number of rotatable bonds is 1. The summed E-state index contributed by atoms with van der Waals surface area (Å²) in [5.41, 5.74) is 1.01. The minimum atomic E-state index is -0.673. The molecule has 0 heterocycles. The Hall–Kier alpha value is -1.88. The van der Waals surface area contributed by atoms with Crippen LogP contribution in [0.3, 0.4) is 0 Å². The zero-order chi connectivity index (χ0) is 11.7. The summed E-state index contributed by atoms with van der Waals surface area (Å²) in [6, 6.07) is 6.05. The van der Waals surface area contributed by atoms with E-state index in [-0.39, 0.29) is 5.56 Å². The van der Waals surface area contributed by atoms with Crippen LogP contribution in [0.25, 0.3) is 10.8 Å². The van der Waals surface area contributed by atoms with Crippen molar-refractivity contribution in [2.45, 2.75) is 13.3 Å². The number of halogens is 2. The van der Waals surface area contributed by atoms with Crippen LogP contribution >= 0.6 is 0 Å². The van der Waals surface area contributed by atoms with E-state index in [4.69, 9.17) is 6.42 Å². The lowest BCUT2D eigenvalue weighted by Gasteiger charge is -2.08. The van der Waals surface area contributed by atoms with Gasteiger partial charge in [-0.15, -0.1) is 6.42 Å². The van der Waals surface area contributed by atoms with E-state index in [0.717, 1.165) is 11.6 Å². The van der Waals surface area contributed by atoms with Gasteiger partial charge in [-0.05, 0) is 12.0 Å². The molecule has 0 aliphatic rings. The lowest BCUT2D eigenvalue weighted by molar-refractivity contribution is 0.590. The van der Waals surface area contributed by atoms with E-state index in [0.29, 0.717) is 17.2 Å². The number of hydrogen-bond acceptors (Lipinski definition) is 0. The first-order chi connectivity index (χ1) is 7.69. The minimum absolute atomic E-state index is 0.147. The fraction of sp³-hybridized carbons (Fsp3) is 0.143. The van der Waals surface area contributed by atoms with E-state index < -0.39 is 11.6 Å². The van der Waals surface area contributed by atoms with Gasteiger partial charge in [-0.3, -0.25) is 0 Å². The number of terminal acetylenes is 1. The molecule has 0 aliphatic carbocycles. The van der Waals surface area contributed by atoms with Crippen LogP contribution < -0.4 is 0 Å². The topological polar surface area (TPSA) is 0 Å². The van der Waals surface area contributed by atoms with E-state index in [9.17, 15) is 8.78 Å². The predicted octanol–water partition coefficient (Wildman–Crippen LogP) is 3.66. The van der Waals surface area contributed by atoms with Crippen LogP contribution in [0.5, 0.6) is 0 Å². The van der Waals surface area contributed by atoms with Crippen LogP contribution in [0.1, 0.15) is 18.1 Å². The summed E-state index contributed by atoms with van der Waals surface area (Å²) in [5, 5.41) is 0.902. The first kappa shape index (κ1) is 10.6. The summed E-state index contributed by atoms with van der Waals surface area (Å²) < 4.78 is 27.1. The smallest absolute Gasteiger partial charge is 0.142 e. The first-order valence-corrected chi connectivity index (χ1v) is 5.05. The molecule has 0 fully saturated rings. The molecular weight excluding hydrogens is 206 g/mol. The highest BCUT2D eigenvalue weighted by atomic mass is 19.1. The highest BCUT2D eigenvalue weighted by Crippen LogP contribution is 2.27. The average Bonchev–Trinajstić information content (AvgIpc) is 2.29. The molecule has 2 rings (SSSR count). The molecule has 80 valence electrons. The predicted molar refractivity (Wildman–Crippen MR) is 61.2 cm³/mol. The van der Waals surface area contributed by atoms with Gasteiger partial charge in [-0.2, -0.15) is 0 Å². The lowest BCUT2D eigenvalue weighted by Crippen LogP contribution is -1.94. The average molecular weight is 216 g/mol. The molecule has 0 atom stereocenters. The molecule has 0 nitrogen and oxygen atoms in total. The Morgan fingerprint density at radius 2 is 2.00 bits per heavy atom. The van der Waals surface area contributed by atoms with Crippen LogP contribution in [-0.2, 0) is 6.42 Å². The van der Waals surface area contributed by atoms with Gasteiger partial charge in [0.1, 0.15) is 11.6 Å². The molecule has 0 aromatic heterocycles. The summed E-state index contributed by atoms with van der Waals surface area (Å²) in [4.78, 5) is 0. The Kier molecular flexibility index (Phi) is 2.62. The summed E-state index contributed by atoms with van der Waals surface area (Å²) in [6.07, 6.45) is 5.97. The largest absolute Gasteiger partial charge is 0.206 e. The molecule has 16 heavy (non-hydrogen) atoms. The number of fused-ring (bicyclic) bond motifs is 1. The second-order valence-corrected chi connectivity index (χ2v) is 3.55. The third-order valence-electron chi connectivity index (χ3n) is 2.68. The third kappa shape index (κ3) is 1.45. The maximum absolute atomic E-state index is 13.6. The summed E-state index contributed by atoms with van der Waals surface area (Å²) in [6.45, 7) is 1.93. The van der Waals surface area contributed by atoms with Crippen molar-refractivity contribution in [2.75, 3.05) is 0 Å². The van der Waals surface area contributed by atoms with E-state index >= 15 is 0 Å². The van der Waals surface area contributed by atoms with Crippen LogP contribution in [0.15, 0.2) is 24.3 Å². The van der Waals surface area contributed by atoms with Gasteiger partial charge in [0.2, 0.25) is 0 Å². The number of benzene rings is 2.